The van der Waals surface area contributed by atoms with Crippen LogP contribution in [0.4, 0.5) is 8.78 Å². The molecule has 1 rings (SSSR count). The lowest BCUT2D eigenvalue weighted by Gasteiger charge is -1.98. The summed E-state index contributed by atoms with van der Waals surface area (Å²) in [4.78, 5) is 0. The summed E-state index contributed by atoms with van der Waals surface area (Å²) < 4.78 is 24.0. The molecule has 0 spiro atoms. The van der Waals surface area contributed by atoms with Gasteiger partial charge in [-0.3, -0.25) is 0 Å². The van der Waals surface area contributed by atoms with Crippen LogP contribution in [0.5, 0.6) is 0 Å². The molecule has 2 heteroatoms. The zero-order valence-electron chi connectivity index (χ0n) is 5.72. The van der Waals surface area contributed by atoms with Crippen LogP contribution in [0.1, 0.15) is 17.6 Å². The maximum absolute atomic E-state index is 12.0. The molecule has 56 valence electrons. The van der Waals surface area contributed by atoms with Gasteiger partial charge in [-0.15, -0.1) is 6.42 Å². The smallest absolute Gasteiger partial charge is 0.205 e. The molecular weight excluding hydrogens is 146 g/mol. The SMILES string of the molecule is C#Cc1cccc(C(F)F)c1. The summed E-state index contributed by atoms with van der Waals surface area (Å²) in [5, 5.41) is 0. The van der Waals surface area contributed by atoms with Gasteiger partial charge in [0.2, 0.25) is 0 Å². The predicted molar refractivity (Wildman–Crippen MR) is 39.3 cm³/mol. The average Bonchev–Trinajstić information content (AvgIpc) is 2.05. The van der Waals surface area contributed by atoms with Crippen molar-refractivity contribution < 1.29 is 8.78 Å². The molecule has 0 saturated carbocycles. The fourth-order valence-electron chi connectivity index (χ4n) is 0.764. The fourth-order valence-corrected chi connectivity index (χ4v) is 0.764. The molecule has 0 amide bonds. The second-order valence-corrected chi connectivity index (χ2v) is 2.07. The number of hydrogen-bond acceptors (Lipinski definition) is 0. The van der Waals surface area contributed by atoms with E-state index in [1.54, 1.807) is 6.07 Å². The number of alkyl halides is 2. The number of halogens is 2. The molecule has 0 heterocycles. The van der Waals surface area contributed by atoms with Gasteiger partial charge in [-0.25, -0.2) is 8.78 Å². The Morgan fingerprint density at radius 1 is 1.36 bits per heavy atom. The maximum atomic E-state index is 12.0. The maximum Gasteiger partial charge on any atom is 0.263 e. The van der Waals surface area contributed by atoms with Crippen LogP contribution in [0, 0.1) is 12.3 Å². The van der Waals surface area contributed by atoms with Gasteiger partial charge in [0, 0.05) is 11.1 Å². The van der Waals surface area contributed by atoms with E-state index in [0.717, 1.165) is 0 Å². The first-order valence-corrected chi connectivity index (χ1v) is 3.09. The van der Waals surface area contributed by atoms with Crippen LogP contribution in [-0.2, 0) is 0 Å². The average molecular weight is 152 g/mol. The first kappa shape index (κ1) is 7.74. The highest BCUT2D eigenvalue weighted by Gasteiger charge is 2.05. The Balaban J connectivity index is 3.03. The van der Waals surface area contributed by atoms with Crippen molar-refractivity contribution in [3.8, 4) is 12.3 Å². The molecule has 0 saturated heterocycles. The second kappa shape index (κ2) is 3.16. The lowest BCUT2D eigenvalue weighted by molar-refractivity contribution is 0.151. The van der Waals surface area contributed by atoms with E-state index in [-0.39, 0.29) is 5.56 Å². The van der Waals surface area contributed by atoms with E-state index in [2.05, 4.69) is 5.92 Å². The molecule has 0 atom stereocenters. The van der Waals surface area contributed by atoms with Crippen LogP contribution < -0.4 is 0 Å². The zero-order valence-corrected chi connectivity index (χ0v) is 5.72. The highest BCUT2D eigenvalue weighted by Crippen LogP contribution is 2.18. The molecular formula is C9H6F2. The molecule has 11 heavy (non-hydrogen) atoms. The van der Waals surface area contributed by atoms with Crippen LogP contribution in [0.15, 0.2) is 24.3 Å². The van der Waals surface area contributed by atoms with Crippen molar-refractivity contribution in [1.82, 2.24) is 0 Å². The van der Waals surface area contributed by atoms with Crippen molar-refractivity contribution in [3.05, 3.63) is 35.4 Å². The van der Waals surface area contributed by atoms with Crippen molar-refractivity contribution in [1.29, 1.82) is 0 Å². The van der Waals surface area contributed by atoms with E-state index in [9.17, 15) is 8.78 Å². The van der Waals surface area contributed by atoms with E-state index >= 15 is 0 Å². The summed E-state index contributed by atoms with van der Waals surface area (Å²) in [5.41, 5.74) is 0.461. The van der Waals surface area contributed by atoms with Gasteiger partial charge in [0.05, 0.1) is 0 Å². The quantitative estimate of drug-likeness (QED) is 0.542. The fraction of sp³-hybridized carbons (Fsp3) is 0.111. The van der Waals surface area contributed by atoms with E-state index in [4.69, 9.17) is 6.42 Å². The lowest BCUT2D eigenvalue weighted by atomic mass is 10.1. The summed E-state index contributed by atoms with van der Waals surface area (Å²) in [6.07, 6.45) is 2.58. The minimum absolute atomic E-state index is 0.0274. The molecule has 0 unspecified atom stereocenters. The largest absolute Gasteiger partial charge is 0.263 e. The van der Waals surface area contributed by atoms with Crippen LogP contribution >= 0.6 is 0 Å². The highest BCUT2D eigenvalue weighted by molar-refractivity contribution is 5.35. The third-order valence-electron chi connectivity index (χ3n) is 1.31. The van der Waals surface area contributed by atoms with Crippen LogP contribution in [0.2, 0.25) is 0 Å². The molecule has 0 N–H and O–H groups in total. The molecule has 0 nitrogen and oxygen atoms in total. The molecule has 0 aliphatic carbocycles. The topological polar surface area (TPSA) is 0 Å². The normalized spacial score (nSPS) is 9.64. The lowest BCUT2D eigenvalue weighted by Crippen LogP contribution is -1.84. The van der Waals surface area contributed by atoms with Crippen LogP contribution in [-0.4, -0.2) is 0 Å². The molecule has 1 aromatic rings. The van der Waals surface area contributed by atoms with Gasteiger partial charge in [0.15, 0.2) is 0 Å². The molecule has 0 aromatic heterocycles. The van der Waals surface area contributed by atoms with E-state index in [1.807, 2.05) is 0 Å². The predicted octanol–water partition coefficient (Wildman–Crippen LogP) is 2.61. The Hall–Kier alpha value is -1.36. The van der Waals surface area contributed by atoms with Crippen molar-refractivity contribution >= 4 is 0 Å². The monoisotopic (exact) mass is 152 g/mol. The van der Waals surface area contributed by atoms with Gasteiger partial charge in [0.1, 0.15) is 0 Å². The molecule has 1 aromatic carbocycles. The van der Waals surface area contributed by atoms with E-state index in [0.29, 0.717) is 5.56 Å². The van der Waals surface area contributed by atoms with Gasteiger partial charge < -0.3 is 0 Å². The Morgan fingerprint density at radius 3 is 2.64 bits per heavy atom. The van der Waals surface area contributed by atoms with E-state index < -0.39 is 6.43 Å². The van der Waals surface area contributed by atoms with Crippen molar-refractivity contribution in [2.45, 2.75) is 6.43 Å². The van der Waals surface area contributed by atoms with E-state index in [1.165, 1.54) is 18.2 Å². The summed E-state index contributed by atoms with van der Waals surface area (Å²) in [5.74, 6) is 2.29. The van der Waals surface area contributed by atoms with Gasteiger partial charge in [-0.05, 0) is 12.1 Å². The molecule has 0 aliphatic heterocycles. The summed E-state index contributed by atoms with van der Waals surface area (Å²) >= 11 is 0. The minimum atomic E-state index is -2.44. The third-order valence-corrected chi connectivity index (χ3v) is 1.31. The first-order chi connectivity index (χ1) is 5.24. The van der Waals surface area contributed by atoms with Crippen molar-refractivity contribution in [2.75, 3.05) is 0 Å². The highest BCUT2D eigenvalue weighted by atomic mass is 19.3. The van der Waals surface area contributed by atoms with Gasteiger partial charge in [-0.2, -0.15) is 0 Å². The first-order valence-electron chi connectivity index (χ1n) is 3.09. The van der Waals surface area contributed by atoms with Crippen LogP contribution in [0.3, 0.4) is 0 Å². The Kier molecular flexibility index (Phi) is 2.22. The van der Waals surface area contributed by atoms with Gasteiger partial charge in [-0.1, -0.05) is 18.1 Å². The number of terminal acetylenes is 1. The van der Waals surface area contributed by atoms with Crippen molar-refractivity contribution in [2.24, 2.45) is 0 Å². The number of benzene rings is 1. The summed E-state index contributed by atoms with van der Waals surface area (Å²) in [7, 11) is 0. The molecule has 0 bridgehead atoms. The summed E-state index contributed by atoms with van der Waals surface area (Å²) in [6.45, 7) is 0. The zero-order chi connectivity index (χ0) is 8.27. The Labute approximate surface area is 63.9 Å². The molecule has 0 fully saturated rings. The third kappa shape index (κ3) is 1.78. The number of rotatable bonds is 1. The van der Waals surface area contributed by atoms with Gasteiger partial charge >= 0.3 is 0 Å². The number of hydrogen-bond donors (Lipinski definition) is 0. The summed E-state index contributed by atoms with van der Waals surface area (Å²) in [6, 6.07) is 5.80. The van der Waals surface area contributed by atoms with Gasteiger partial charge in [0.25, 0.3) is 6.43 Å². The molecule has 0 aliphatic rings. The van der Waals surface area contributed by atoms with Crippen molar-refractivity contribution in [3.63, 3.8) is 0 Å². The van der Waals surface area contributed by atoms with Crippen LogP contribution in [0.25, 0.3) is 0 Å². The minimum Gasteiger partial charge on any atom is -0.205 e. The standard InChI is InChI=1S/C9H6F2/c1-2-7-4-3-5-8(6-7)9(10)11/h1,3-6,9H. The second-order valence-electron chi connectivity index (χ2n) is 2.07. The molecule has 0 radical (unpaired) electrons. The Bertz CT molecular complexity index is 284. The Morgan fingerprint density at radius 2 is 2.09 bits per heavy atom.